The number of carbonyl (C=O) groups is 1. The number of nitrogens with one attached hydrogen (secondary N) is 2. The van der Waals surface area contributed by atoms with Gasteiger partial charge in [-0.2, -0.15) is 0 Å². The van der Waals surface area contributed by atoms with Crippen LogP contribution >= 0.6 is 0 Å². The first-order chi connectivity index (χ1) is 6.43. The fourth-order valence-corrected chi connectivity index (χ4v) is 1.22. The van der Waals surface area contributed by atoms with E-state index in [2.05, 4.69) is 26.1 Å². The van der Waals surface area contributed by atoms with Crippen LogP contribution in [0.2, 0.25) is 0 Å². The summed E-state index contributed by atoms with van der Waals surface area (Å²) in [6, 6.07) is -0.488. The summed E-state index contributed by atoms with van der Waals surface area (Å²) in [5.74, 6) is 0.903. The van der Waals surface area contributed by atoms with E-state index in [1.54, 1.807) is 0 Å². The molecule has 2 N–H and O–H groups in total. The van der Waals surface area contributed by atoms with Crippen molar-refractivity contribution in [2.24, 2.45) is 5.41 Å². The van der Waals surface area contributed by atoms with Gasteiger partial charge in [0.1, 0.15) is 6.61 Å². The standard InChI is InChI=1S/C9H15BN2O2/c1-9(2,3)7-4-6(5-14-7)11-8(13)12-10/h4,6H,5H2,1-3H3,(H2,11,12,13). The minimum atomic E-state index is -0.398. The molecule has 4 nitrogen and oxygen atoms in total. The Labute approximate surface area is 85.5 Å². The first kappa shape index (κ1) is 11.0. The van der Waals surface area contributed by atoms with Crippen molar-refractivity contribution in [2.75, 3.05) is 6.61 Å². The Morgan fingerprint density at radius 3 is 2.71 bits per heavy atom. The van der Waals surface area contributed by atoms with E-state index in [1.165, 1.54) is 0 Å². The molecule has 0 bridgehead atoms. The Morgan fingerprint density at radius 2 is 2.29 bits per heavy atom. The maximum absolute atomic E-state index is 10.9. The molecule has 1 unspecified atom stereocenters. The molecule has 14 heavy (non-hydrogen) atoms. The first-order valence-electron chi connectivity index (χ1n) is 4.55. The normalized spacial score (nSPS) is 21.1. The molecule has 0 saturated heterocycles. The molecule has 0 fully saturated rings. The third kappa shape index (κ3) is 2.68. The summed E-state index contributed by atoms with van der Waals surface area (Å²) < 4.78 is 5.45. The maximum Gasteiger partial charge on any atom is 0.302 e. The van der Waals surface area contributed by atoms with Crippen molar-refractivity contribution in [1.82, 2.24) is 10.5 Å². The van der Waals surface area contributed by atoms with E-state index in [4.69, 9.17) is 12.7 Å². The van der Waals surface area contributed by atoms with Crippen molar-refractivity contribution in [3.63, 3.8) is 0 Å². The summed E-state index contributed by atoms with van der Waals surface area (Å²) in [7, 11) is 4.95. The van der Waals surface area contributed by atoms with Crippen LogP contribution in [-0.4, -0.2) is 26.7 Å². The Hall–Kier alpha value is -1.13. The van der Waals surface area contributed by atoms with Crippen LogP contribution in [0.25, 0.3) is 0 Å². The van der Waals surface area contributed by atoms with Gasteiger partial charge in [0.15, 0.2) is 0 Å². The summed E-state index contributed by atoms with van der Waals surface area (Å²) in [6.07, 6.45) is 1.91. The number of ether oxygens (including phenoxy) is 1. The molecule has 1 aliphatic heterocycles. The van der Waals surface area contributed by atoms with Gasteiger partial charge in [-0.05, 0) is 6.08 Å². The second-order valence-electron chi connectivity index (χ2n) is 4.32. The Kier molecular flexibility index (Phi) is 3.08. The number of urea groups is 1. The van der Waals surface area contributed by atoms with Crippen molar-refractivity contribution in [3.05, 3.63) is 11.8 Å². The molecule has 1 atom stereocenters. The molecule has 1 rings (SSSR count). The largest absolute Gasteiger partial charge is 0.495 e. The van der Waals surface area contributed by atoms with Gasteiger partial charge in [-0.3, -0.25) is 4.79 Å². The maximum atomic E-state index is 10.9. The molecule has 0 aromatic rings. The fraction of sp³-hybridized carbons (Fsp3) is 0.667. The second-order valence-corrected chi connectivity index (χ2v) is 4.32. The third-order valence-electron chi connectivity index (χ3n) is 1.96. The van der Waals surface area contributed by atoms with E-state index in [9.17, 15) is 4.79 Å². The summed E-state index contributed by atoms with van der Waals surface area (Å²) >= 11 is 0. The van der Waals surface area contributed by atoms with E-state index in [1.807, 2.05) is 11.3 Å². The molecule has 2 amide bonds. The lowest BCUT2D eigenvalue weighted by Gasteiger charge is -2.18. The molecular formula is C9H15BN2O2. The van der Waals surface area contributed by atoms with E-state index in [0.717, 1.165) is 5.76 Å². The zero-order valence-corrected chi connectivity index (χ0v) is 8.76. The molecule has 0 spiro atoms. The van der Waals surface area contributed by atoms with Gasteiger partial charge in [-0.1, -0.05) is 20.8 Å². The molecule has 0 aromatic heterocycles. The highest BCUT2D eigenvalue weighted by Crippen LogP contribution is 2.29. The van der Waals surface area contributed by atoms with Gasteiger partial charge in [0.25, 0.3) is 0 Å². The zero-order valence-electron chi connectivity index (χ0n) is 8.76. The van der Waals surface area contributed by atoms with Crippen LogP contribution in [0.5, 0.6) is 0 Å². The highest BCUT2D eigenvalue weighted by atomic mass is 16.5. The predicted molar refractivity (Wildman–Crippen MR) is 54.7 cm³/mol. The average molecular weight is 194 g/mol. The molecule has 5 heteroatoms. The van der Waals surface area contributed by atoms with Gasteiger partial charge >= 0.3 is 6.03 Å². The Balaban J connectivity index is 2.54. The highest BCUT2D eigenvalue weighted by molar-refractivity contribution is 6.13. The molecule has 0 saturated carbocycles. The third-order valence-corrected chi connectivity index (χ3v) is 1.96. The molecule has 0 aliphatic carbocycles. The highest BCUT2D eigenvalue weighted by Gasteiger charge is 2.26. The average Bonchev–Trinajstić information content (AvgIpc) is 2.51. The van der Waals surface area contributed by atoms with Gasteiger partial charge in [0.05, 0.1) is 11.8 Å². The molecular weight excluding hydrogens is 179 g/mol. The van der Waals surface area contributed by atoms with Gasteiger partial charge < -0.3 is 15.3 Å². The molecule has 0 aromatic carbocycles. The van der Waals surface area contributed by atoms with Gasteiger partial charge in [-0.25, -0.2) is 0 Å². The van der Waals surface area contributed by atoms with Crippen LogP contribution in [0.1, 0.15) is 20.8 Å². The molecule has 1 heterocycles. The van der Waals surface area contributed by atoms with Gasteiger partial charge in [-0.15, -0.1) is 0 Å². The van der Waals surface area contributed by atoms with Crippen molar-refractivity contribution in [3.8, 4) is 0 Å². The molecule has 76 valence electrons. The number of rotatable bonds is 1. The van der Waals surface area contributed by atoms with E-state index >= 15 is 0 Å². The SMILES string of the molecule is [B]NC(=O)NC1C=C(C(C)(C)C)OC1. The number of hydrogen-bond acceptors (Lipinski definition) is 2. The summed E-state index contributed by atoms with van der Waals surface area (Å²) in [4.78, 5) is 10.9. The predicted octanol–water partition coefficient (Wildman–Crippen LogP) is 0.698. The Morgan fingerprint density at radius 1 is 1.64 bits per heavy atom. The lowest BCUT2D eigenvalue weighted by molar-refractivity contribution is 0.169. The minimum absolute atomic E-state index is 0.0182. The molecule has 2 radical (unpaired) electrons. The van der Waals surface area contributed by atoms with Crippen LogP contribution in [0.4, 0.5) is 4.79 Å². The second kappa shape index (κ2) is 3.94. The number of carbonyl (C=O) groups excluding carboxylic acids is 1. The fourth-order valence-electron chi connectivity index (χ4n) is 1.22. The number of amides is 2. The van der Waals surface area contributed by atoms with Crippen molar-refractivity contribution in [2.45, 2.75) is 26.8 Å². The van der Waals surface area contributed by atoms with Crippen LogP contribution < -0.4 is 10.5 Å². The summed E-state index contributed by atoms with van der Waals surface area (Å²) in [6.45, 7) is 6.65. The van der Waals surface area contributed by atoms with Gasteiger partial charge in [0, 0.05) is 5.41 Å². The van der Waals surface area contributed by atoms with Crippen LogP contribution in [0, 0.1) is 5.41 Å². The van der Waals surface area contributed by atoms with Crippen molar-refractivity contribution >= 4 is 14.0 Å². The minimum Gasteiger partial charge on any atom is -0.495 e. The first-order valence-corrected chi connectivity index (χ1v) is 4.55. The summed E-state index contributed by atoms with van der Waals surface area (Å²) in [5, 5.41) is 4.66. The lowest BCUT2D eigenvalue weighted by Crippen LogP contribution is -2.40. The van der Waals surface area contributed by atoms with Crippen LogP contribution in [0.3, 0.4) is 0 Å². The lowest BCUT2D eigenvalue weighted by atomic mass is 9.93. The van der Waals surface area contributed by atoms with E-state index in [0.29, 0.717) is 6.61 Å². The monoisotopic (exact) mass is 194 g/mol. The zero-order chi connectivity index (χ0) is 10.8. The summed E-state index contributed by atoms with van der Waals surface area (Å²) in [5.41, 5.74) is -0.0182. The number of allylic oxidation sites excluding steroid dienone is 1. The smallest absolute Gasteiger partial charge is 0.302 e. The number of hydrogen-bond donors (Lipinski definition) is 2. The molecule has 1 aliphatic rings. The topological polar surface area (TPSA) is 50.4 Å². The van der Waals surface area contributed by atoms with Gasteiger partial charge in [0.2, 0.25) is 7.98 Å². The van der Waals surface area contributed by atoms with Crippen molar-refractivity contribution in [1.29, 1.82) is 0 Å². The Bertz CT molecular complexity index is 258. The van der Waals surface area contributed by atoms with Crippen LogP contribution in [0.15, 0.2) is 11.8 Å². The van der Waals surface area contributed by atoms with Crippen molar-refractivity contribution < 1.29 is 9.53 Å². The van der Waals surface area contributed by atoms with Crippen LogP contribution in [-0.2, 0) is 4.74 Å². The van der Waals surface area contributed by atoms with E-state index in [-0.39, 0.29) is 11.5 Å². The van der Waals surface area contributed by atoms with E-state index < -0.39 is 6.03 Å². The quantitative estimate of drug-likeness (QED) is 0.603.